The van der Waals surface area contributed by atoms with Crippen molar-refractivity contribution in [3.8, 4) is 11.8 Å². The molecule has 4 rings (SSSR count). The number of halogens is 3. The van der Waals surface area contributed by atoms with Crippen LogP contribution in [-0.2, 0) is 6.18 Å². The number of imidazole rings is 1. The Kier molecular flexibility index (Phi) is 5.28. The summed E-state index contributed by atoms with van der Waals surface area (Å²) in [5.41, 5.74) is 8.41. The van der Waals surface area contributed by atoms with E-state index in [1.807, 2.05) is 6.92 Å². The molecule has 6 nitrogen and oxygen atoms in total. The number of carbonyl (C=O) groups is 1. The summed E-state index contributed by atoms with van der Waals surface area (Å²) in [7, 11) is 0. The zero-order valence-electron chi connectivity index (χ0n) is 16.7. The third-order valence-corrected chi connectivity index (χ3v) is 4.72. The minimum Gasteiger partial charge on any atom is -0.396 e. The van der Waals surface area contributed by atoms with E-state index in [9.17, 15) is 18.0 Å². The first kappa shape index (κ1) is 20.9. The molecule has 1 aromatic carbocycles. The maximum Gasteiger partial charge on any atom is 0.416 e. The number of benzene rings is 1. The van der Waals surface area contributed by atoms with E-state index in [0.29, 0.717) is 22.6 Å². The van der Waals surface area contributed by atoms with Gasteiger partial charge in [0.05, 0.1) is 17.4 Å². The predicted molar refractivity (Wildman–Crippen MR) is 114 cm³/mol. The third-order valence-electron chi connectivity index (χ3n) is 4.72. The number of alkyl halides is 3. The fourth-order valence-corrected chi connectivity index (χ4v) is 3.02. The standard InChI is InChI=1S/C23H16F3N5O/c1-14-4-5-16(22(32)30-20-12-17(8-9-28-20)23(24,25)26)11-15(14)6-7-18-13-29-21-19(27)3-2-10-31(18)21/h2-5,8-13H,27H2,1H3,(H,28,30,32). The minimum atomic E-state index is -4.53. The Balaban J connectivity index is 1.60. The van der Waals surface area contributed by atoms with Gasteiger partial charge in [-0.3, -0.25) is 9.20 Å². The molecular formula is C23H16F3N5O. The Labute approximate surface area is 180 Å². The Morgan fingerprint density at radius 2 is 1.94 bits per heavy atom. The van der Waals surface area contributed by atoms with Gasteiger partial charge >= 0.3 is 6.18 Å². The second-order valence-electron chi connectivity index (χ2n) is 6.96. The van der Waals surface area contributed by atoms with Gasteiger partial charge in [0.1, 0.15) is 11.5 Å². The summed E-state index contributed by atoms with van der Waals surface area (Å²) in [6, 6.07) is 10.00. The number of nitrogen functional groups attached to an aromatic ring is 1. The van der Waals surface area contributed by atoms with E-state index in [-0.39, 0.29) is 11.4 Å². The van der Waals surface area contributed by atoms with Crippen LogP contribution in [0.4, 0.5) is 24.7 Å². The Bertz CT molecular complexity index is 1400. The van der Waals surface area contributed by atoms with Crippen molar-refractivity contribution in [1.82, 2.24) is 14.4 Å². The van der Waals surface area contributed by atoms with Crippen molar-refractivity contribution in [2.24, 2.45) is 0 Å². The van der Waals surface area contributed by atoms with Crippen molar-refractivity contribution in [2.45, 2.75) is 13.1 Å². The number of nitrogens with zero attached hydrogens (tertiary/aromatic N) is 3. The summed E-state index contributed by atoms with van der Waals surface area (Å²) in [4.78, 5) is 20.6. The lowest BCUT2D eigenvalue weighted by molar-refractivity contribution is -0.137. The van der Waals surface area contributed by atoms with Crippen molar-refractivity contribution < 1.29 is 18.0 Å². The van der Waals surface area contributed by atoms with Gasteiger partial charge < -0.3 is 11.1 Å². The van der Waals surface area contributed by atoms with E-state index in [4.69, 9.17) is 5.73 Å². The molecular weight excluding hydrogens is 419 g/mol. The molecule has 0 aliphatic heterocycles. The molecule has 4 aromatic rings. The van der Waals surface area contributed by atoms with Gasteiger partial charge in [0.25, 0.3) is 5.91 Å². The number of nitrogens with two attached hydrogens (primary N) is 1. The number of rotatable bonds is 2. The van der Waals surface area contributed by atoms with Crippen LogP contribution in [0.1, 0.15) is 32.7 Å². The molecule has 9 heteroatoms. The highest BCUT2D eigenvalue weighted by atomic mass is 19.4. The predicted octanol–water partition coefficient (Wildman–Crippen LogP) is 4.29. The zero-order chi connectivity index (χ0) is 22.9. The van der Waals surface area contributed by atoms with E-state index in [0.717, 1.165) is 23.9 Å². The molecule has 0 unspecified atom stereocenters. The van der Waals surface area contributed by atoms with Crippen LogP contribution in [0.2, 0.25) is 0 Å². The molecule has 0 aliphatic carbocycles. The average molecular weight is 435 g/mol. The number of nitrogens with one attached hydrogen (secondary N) is 1. The molecule has 0 fully saturated rings. The van der Waals surface area contributed by atoms with Crippen molar-refractivity contribution in [2.75, 3.05) is 11.1 Å². The zero-order valence-corrected chi connectivity index (χ0v) is 16.7. The van der Waals surface area contributed by atoms with E-state index in [2.05, 4.69) is 27.1 Å². The molecule has 0 bridgehead atoms. The molecule has 0 saturated heterocycles. The van der Waals surface area contributed by atoms with Crippen molar-refractivity contribution in [3.05, 3.63) is 89.0 Å². The van der Waals surface area contributed by atoms with Crippen LogP contribution in [0.5, 0.6) is 0 Å². The number of aromatic nitrogens is 3. The summed E-state index contributed by atoms with van der Waals surface area (Å²) in [6.07, 6.45) is -0.143. The molecule has 0 radical (unpaired) electrons. The molecule has 3 N–H and O–H groups in total. The number of fused-ring (bicyclic) bond motifs is 1. The fourth-order valence-electron chi connectivity index (χ4n) is 3.02. The van der Waals surface area contributed by atoms with Gasteiger partial charge in [-0.2, -0.15) is 13.2 Å². The largest absolute Gasteiger partial charge is 0.416 e. The van der Waals surface area contributed by atoms with Gasteiger partial charge in [0.15, 0.2) is 5.65 Å². The summed E-state index contributed by atoms with van der Waals surface area (Å²) >= 11 is 0. The number of carbonyl (C=O) groups excluding carboxylic acids is 1. The molecule has 32 heavy (non-hydrogen) atoms. The van der Waals surface area contributed by atoms with E-state index in [1.54, 1.807) is 47.1 Å². The molecule has 0 atom stereocenters. The Hall–Kier alpha value is -4.32. The first-order valence-electron chi connectivity index (χ1n) is 9.41. The van der Waals surface area contributed by atoms with Crippen molar-refractivity contribution >= 4 is 23.1 Å². The minimum absolute atomic E-state index is 0.193. The van der Waals surface area contributed by atoms with Crippen molar-refractivity contribution in [1.29, 1.82) is 0 Å². The second-order valence-corrected chi connectivity index (χ2v) is 6.96. The molecule has 3 heterocycles. The monoisotopic (exact) mass is 435 g/mol. The Morgan fingerprint density at radius 1 is 1.12 bits per heavy atom. The molecule has 0 saturated carbocycles. The molecule has 3 aromatic heterocycles. The highest BCUT2D eigenvalue weighted by Crippen LogP contribution is 2.30. The van der Waals surface area contributed by atoms with Gasteiger partial charge in [-0.15, -0.1) is 0 Å². The number of aryl methyl sites for hydroxylation is 1. The van der Waals surface area contributed by atoms with Crippen LogP contribution in [0.25, 0.3) is 5.65 Å². The summed E-state index contributed by atoms with van der Waals surface area (Å²) in [6.45, 7) is 1.84. The average Bonchev–Trinajstić information content (AvgIpc) is 3.17. The summed E-state index contributed by atoms with van der Waals surface area (Å²) < 4.78 is 40.4. The summed E-state index contributed by atoms with van der Waals surface area (Å²) in [5.74, 6) is 5.25. The highest BCUT2D eigenvalue weighted by Gasteiger charge is 2.30. The van der Waals surface area contributed by atoms with Crippen molar-refractivity contribution in [3.63, 3.8) is 0 Å². The SMILES string of the molecule is Cc1ccc(C(=O)Nc2cc(C(F)(F)F)ccn2)cc1C#Cc1cnc2c(N)cccn12. The molecule has 1 amide bonds. The second kappa shape index (κ2) is 8.07. The number of hydrogen-bond acceptors (Lipinski definition) is 4. The highest BCUT2D eigenvalue weighted by molar-refractivity contribution is 6.04. The lowest BCUT2D eigenvalue weighted by atomic mass is 10.0. The van der Waals surface area contributed by atoms with Crippen LogP contribution >= 0.6 is 0 Å². The molecule has 0 spiro atoms. The first-order valence-corrected chi connectivity index (χ1v) is 9.41. The topological polar surface area (TPSA) is 85.3 Å². The van der Waals surface area contributed by atoms with Crippen LogP contribution < -0.4 is 11.1 Å². The van der Waals surface area contributed by atoms with Crippen LogP contribution in [-0.4, -0.2) is 20.3 Å². The third kappa shape index (κ3) is 4.25. The molecule has 160 valence electrons. The number of amides is 1. The maximum atomic E-state index is 12.9. The quantitative estimate of drug-likeness (QED) is 0.460. The lowest BCUT2D eigenvalue weighted by Gasteiger charge is -2.09. The van der Waals surface area contributed by atoms with Gasteiger partial charge in [0.2, 0.25) is 0 Å². The van der Waals surface area contributed by atoms with Crippen LogP contribution in [0.3, 0.4) is 0 Å². The Morgan fingerprint density at radius 3 is 2.72 bits per heavy atom. The number of hydrogen-bond donors (Lipinski definition) is 2. The lowest BCUT2D eigenvalue weighted by Crippen LogP contribution is -2.14. The van der Waals surface area contributed by atoms with Crippen LogP contribution in [0.15, 0.2) is 61.1 Å². The number of pyridine rings is 2. The summed E-state index contributed by atoms with van der Waals surface area (Å²) in [5, 5.41) is 2.39. The normalized spacial score (nSPS) is 11.1. The van der Waals surface area contributed by atoms with Gasteiger partial charge in [-0.1, -0.05) is 12.0 Å². The van der Waals surface area contributed by atoms with E-state index < -0.39 is 17.6 Å². The van der Waals surface area contributed by atoms with Gasteiger partial charge in [0, 0.05) is 23.5 Å². The number of anilines is 2. The smallest absolute Gasteiger partial charge is 0.396 e. The first-order chi connectivity index (χ1) is 15.2. The van der Waals surface area contributed by atoms with E-state index >= 15 is 0 Å². The maximum absolute atomic E-state index is 12.9. The van der Waals surface area contributed by atoms with E-state index in [1.165, 1.54) is 0 Å². The van der Waals surface area contributed by atoms with Gasteiger partial charge in [-0.05, 0) is 54.8 Å². The fraction of sp³-hybridized carbons (Fsp3) is 0.0870. The molecule has 0 aliphatic rings. The van der Waals surface area contributed by atoms with Crippen LogP contribution in [0, 0.1) is 18.8 Å². The van der Waals surface area contributed by atoms with Gasteiger partial charge in [-0.25, -0.2) is 9.97 Å².